The first-order valence-electron chi connectivity index (χ1n) is 11.7. The molecule has 11 heteroatoms. The summed E-state index contributed by atoms with van der Waals surface area (Å²) in [6.45, 7) is 5.23. The third-order valence-corrected chi connectivity index (χ3v) is 9.93. The van der Waals surface area contributed by atoms with Crippen molar-refractivity contribution in [3.05, 3.63) is 54.1 Å². The van der Waals surface area contributed by atoms with Crippen LogP contribution in [-0.4, -0.2) is 76.2 Å². The summed E-state index contributed by atoms with van der Waals surface area (Å²) >= 11 is 0. The van der Waals surface area contributed by atoms with Gasteiger partial charge in [0.05, 0.1) is 28.5 Å². The lowest BCUT2D eigenvalue weighted by atomic mass is 10.1. The highest BCUT2D eigenvalue weighted by Gasteiger charge is 2.32. The molecule has 0 bridgehead atoms. The van der Waals surface area contributed by atoms with Crippen LogP contribution in [0.4, 0.5) is 5.69 Å². The van der Waals surface area contributed by atoms with E-state index in [4.69, 9.17) is 4.74 Å². The van der Waals surface area contributed by atoms with Gasteiger partial charge in [-0.3, -0.25) is 4.79 Å². The third kappa shape index (κ3) is 5.75. The Morgan fingerprint density at radius 2 is 1.49 bits per heavy atom. The monoisotopic (exact) mass is 521 g/mol. The number of nitrogens with zero attached hydrogens (tertiary/aromatic N) is 2. The Morgan fingerprint density at radius 3 is 2.11 bits per heavy atom. The Balaban J connectivity index is 1.40. The number of morpholine rings is 1. The lowest BCUT2D eigenvalue weighted by Crippen LogP contribution is -2.48. The number of hydrogen-bond donors (Lipinski definition) is 1. The summed E-state index contributed by atoms with van der Waals surface area (Å²) in [6.07, 6.45) is 1.33. The van der Waals surface area contributed by atoms with Crippen LogP contribution in [0.25, 0.3) is 0 Å². The molecular formula is C24H31N3O6S2. The van der Waals surface area contributed by atoms with Gasteiger partial charge < -0.3 is 10.1 Å². The second kappa shape index (κ2) is 10.4. The van der Waals surface area contributed by atoms with Crippen LogP contribution in [0.2, 0.25) is 0 Å². The number of Topliss-reactive ketones (excluding diaryl/α,β-unsaturated/α-hetero) is 1. The van der Waals surface area contributed by atoms with Crippen LogP contribution in [-0.2, 0) is 24.8 Å². The summed E-state index contributed by atoms with van der Waals surface area (Å²) in [5, 5.41) is 2.99. The fourth-order valence-electron chi connectivity index (χ4n) is 4.41. The lowest BCUT2D eigenvalue weighted by molar-refractivity contribution is -0.0440. The molecule has 0 radical (unpaired) electrons. The number of nitrogens with one attached hydrogen (secondary N) is 1. The fourth-order valence-corrected chi connectivity index (χ4v) is 7.57. The number of benzene rings is 2. The zero-order valence-corrected chi connectivity index (χ0v) is 21.5. The van der Waals surface area contributed by atoms with E-state index in [1.807, 2.05) is 13.8 Å². The van der Waals surface area contributed by atoms with Crippen LogP contribution in [0.15, 0.2) is 58.3 Å². The summed E-state index contributed by atoms with van der Waals surface area (Å²) in [6, 6.07) is 12.3. The molecule has 2 saturated heterocycles. The van der Waals surface area contributed by atoms with Crippen molar-refractivity contribution in [3.63, 3.8) is 0 Å². The quantitative estimate of drug-likeness (QED) is 0.531. The van der Waals surface area contributed by atoms with Crippen molar-refractivity contribution >= 4 is 31.5 Å². The third-order valence-electron chi connectivity index (χ3n) is 6.19. The molecule has 2 aromatic rings. The maximum absolute atomic E-state index is 13.0. The number of hydrogen-bond acceptors (Lipinski definition) is 7. The minimum atomic E-state index is -3.65. The maximum Gasteiger partial charge on any atom is 0.243 e. The predicted molar refractivity (Wildman–Crippen MR) is 132 cm³/mol. The lowest BCUT2D eigenvalue weighted by Gasteiger charge is -2.34. The summed E-state index contributed by atoms with van der Waals surface area (Å²) in [4.78, 5) is 13.0. The highest BCUT2D eigenvalue weighted by atomic mass is 32.2. The van der Waals surface area contributed by atoms with Gasteiger partial charge in [-0.2, -0.15) is 8.61 Å². The first-order valence-corrected chi connectivity index (χ1v) is 14.6. The molecule has 2 aliphatic rings. The Hall–Kier alpha value is -2.31. The zero-order valence-electron chi connectivity index (χ0n) is 19.9. The van der Waals surface area contributed by atoms with E-state index in [-0.39, 0.29) is 34.3 Å². The maximum atomic E-state index is 13.0. The van der Waals surface area contributed by atoms with E-state index < -0.39 is 20.0 Å². The average molecular weight is 522 g/mol. The normalized spacial score (nSPS) is 22.2. The van der Waals surface area contributed by atoms with Crippen molar-refractivity contribution in [1.82, 2.24) is 8.61 Å². The van der Waals surface area contributed by atoms with Gasteiger partial charge in [0.1, 0.15) is 0 Å². The smallest absolute Gasteiger partial charge is 0.243 e. The molecule has 0 aliphatic carbocycles. The molecule has 190 valence electrons. The molecular weight excluding hydrogens is 490 g/mol. The highest BCUT2D eigenvalue weighted by molar-refractivity contribution is 7.89. The van der Waals surface area contributed by atoms with Crippen LogP contribution >= 0.6 is 0 Å². The van der Waals surface area contributed by atoms with Crippen molar-refractivity contribution in [3.8, 4) is 0 Å². The Labute approximate surface area is 207 Å². The molecule has 9 nitrogen and oxygen atoms in total. The number of ether oxygens (including phenoxy) is 1. The largest absolute Gasteiger partial charge is 0.378 e. The second-order valence-corrected chi connectivity index (χ2v) is 12.9. The van der Waals surface area contributed by atoms with E-state index in [9.17, 15) is 21.6 Å². The summed E-state index contributed by atoms with van der Waals surface area (Å²) in [5.41, 5.74) is 0.884. The van der Waals surface area contributed by atoms with Crippen molar-refractivity contribution in [2.24, 2.45) is 0 Å². The summed E-state index contributed by atoms with van der Waals surface area (Å²) < 4.78 is 60.1. The number of carbonyl (C=O) groups excluding carboxylic acids is 1. The number of sulfonamides is 2. The molecule has 2 fully saturated rings. The molecule has 2 aliphatic heterocycles. The predicted octanol–water partition coefficient (Wildman–Crippen LogP) is 2.56. The molecule has 2 atom stereocenters. The van der Waals surface area contributed by atoms with Crippen molar-refractivity contribution < 1.29 is 26.4 Å². The van der Waals surface area contributed by atoms with Gasteiger partial charge in [-0.15, -0.1) is 0 Å². The van der Waals surface area contributed by atoms with Crippen molar-refractivity contribution in [2.45, 2.75) is 48.7 Å². The van der Waals surface area contributed by atoms with E-state index in [0.29, 0.717) is 37.4 Å². The standard InChI is InChI=1S/C24H31N3O6S2/c1-18-16-27(17-19(2)33-18)34(29,30)22-10-8-21(9-11-22)25-15-24(28)20-6-5-7-23(14-20)35(31,32)26-12-3-4-13-26/h5-11,14,18-19,25H,3-4,12-13,15-17H2,1-2H3. The Morgan fingerprint density at radius 1 is 0.886 bits per heavy atom. The number of carbonyl (C=O) groups is 1. The first kappa shape index (κ1) is 25.8. The van der Waals surface area contributed by atoms with E-state index in [2.05, 4.69) is 5.32 Å². The van der Waals surface area contributed by atoms with Gasteiger partial charge in [0.25, 0.3) is 0 Å². The van der Waals surface area contributed by atoms with Crippen molar-refractivity contribution in [1.29, 1.82) is 0 Å². The van der Waals surface area contributed by atoms with Gasteiger partial charge in [-0.05, 0) is 63.1 Å². The molecule has 4 rings (SSSR count). The van der Waals surface area contributed by atoms with Gasteiger partial charge in [-0.25, -0.2) is 16.8 Å². The average Bonchev–Trinajstić information content (AvgIpc) is 3.38. The highest BCUT2D eigenvalue weighted by Crippen LogP contribution is 2.24. The summed E-state index contributed by atoms with van der Waals surface area (Å²) in [7, 11) is -7.25. The van der Waals surface area contributed by atoms with Crippen LogP contribution in [0.3, 0.4) is 0 Å². The van der Waals surface area contributed by atoms with Gasteiger partial charge in [0.15, 0.2) is 5.78 Å². The van der Waals surface area contributed by atoms with Crippen LogP contribution in [0.1, 0.15) is 37.0 Å². The fraction of sp³-hybridized carbons (Fsp3) is 0.458. The van der Waals surface area contributed by atoms with Gasteiger partial charge >= 0.3 is 0 Å². The van der Waals surface area contributed by atoms with E-state index in [0.717, 1.165) is 12.8 Å². The van der Waals surface area contributed by atoms with Gasteiger partial charge in [0, 0.05) is 37.4 Å². The minimum absolute atomic E-state index is 0.0577. The zero-order chi connectivity index (χ0) is 25.2. The Bertz CT molecular complexity index is 1260. The topological polar surface area (TPSA) is 113 Å². The molecule has 0 saturated carbocycles. The van der Waals surface area contributed by atoms with Crippen LogP contribution in [0.5, 0.6) is 0 Å². The SMILES string of the molecule is CC1CN(S(=O)(=O)c2ccc(NCC(=O)c3cccc(S(=O)(=O)N4CCCC4)c3)cc2)CC(C)O1. The molecule has 1 N–H and O–H groups in total. The molecule has 0 amide bonds. The van der Waals surface area contributed by atoms with Crippen LogP contribution in [0, 0.1) is 0 Å². The number of anilines is 1. The van der Waals surface area contributed by atoms with Gasteiger partial charge in [0.2, 0.25) is 20.0 Å². The molecule has 0 spiro atoms. The second-order valence-electron chi connectivity index (χ2n) is 9.02. The molecule has 35 heavy (non-hydrogen) atoms. The molecule has 2 unspecified atom stereocenters. The first-order chi connectivity index (χ1) is 16.6. The van der Waals surface area contributed by atoms with E-state index in [1.165, 1.54) is 32.9 Å². The number of rotatable bonds is 8. The van der Waals surface area contributed by atoms with E-state index in [1.54, 1.807) is 24.3 Å². The molecule has 2 heterocycles. The Kier molecular flexibility index (Phi) is 7.62. The van der Waals surface area contributed by atoms with Crippen LogP contribution < -0.4 is 5.32 Å². The van der Waals surface area contributed by atoms with Crippen molar-refractivity contribution in [2.75, 3.05) is 38.0 Å². The number of ketones is 1. The summed E-state index contributed by atoms with van der Waals surface area (Å²) in [5.74, 6) is -0.267. The van der Waals surface area contributed by atoms with Gasteiger partial charge in [-0.1, -0.05) is 12.1 Å². The minimum Gasteiger partial charge on any atom is -0.378 e. The molecule has 2 aromatic carbocycles. The van der Waals surface area contributed by atoms with E-state index >= 15 is 0 Å². The molecule has 0 aromatic heterocycles.